The third-order valence-corrected chi connectivity index (χ3v) is 4.58. The van der Waals surface area contributed by atoms with Crippen LogP contribution in [-0.2, 0) is 0 Å². The van der Waals surface area contributed by atoms with Crippen LogP contribution in [0, 0.1) is 0 Å². The van der Waals surface area contributed by atoms with Gasteiger partial charge in [0.25, 0.3) is 0 Å². The molecule has 0 radical (unpaired) electrons. The van der Waals surface area contributed by atoms with Crippen molar-refractivity contribution in [2.24, 2.45) is 0 Å². The average molecular weight is 331 g/mol. The third-order valence-electron chi connectivity index (χ3n) is 3.60. The molecule has 0 amide bonds. The second-order valence-electron chi connectivity index (χ2n) is 4.65. The molecule has 1 fully saturated rings. The van der Waals surface area contributed by atoms with E-state index in [-0.39, 0.29) is 24.8 Å². The molecule has 1 saturated heterocycles. The second kappa shape index (κ2) is 8.01. The summed E-state index contributed by atoms with van der Waals surface area (Å²) in [5.41, 5.74) is 1.41. The Hall–Kier alpha value is -0.580. The highest BCUT2D eigenvalue weighted by Gasteiger charge is 2.21. The standard InChI is InChI=1S/C15H18N2S.2ClH/c1-2-14(17-9-7-16-8-10-17)13-11-18-15-6-4-3-5-12(13)15;;/h2-6,11,14,16H,1,7-10H2;2*1H/t14-;;/m0../s1. The fourth-order valence-electron chi connectivity index (χ4n) is 2.66. The van der Waals surface area contributed by atoms with Crippen molar-refractivity contribution in [2.45, 2.75) is 6.04 Å². The van der Waals surface area contributed by atoms with Crippen LogP contribution < -0.4 is 5.32 Å². The summed E-state index contributed by atoms with van der Waals surface area (Å²) >= 11 is 1.83. The smallest absolute Gasteiger partial charge is 0.0544 e. The van der Waals surface area contributed by atoms with Gasteiger partial charge in [-0.05, 0) is 22.4 Å². The van der Waals surface area contributed by atoms with E-state index in [4.69, 9.17) is 0 Å². The predicted molar refractivity (Wildman–Crippen MR) is 93.7 cm³/mol. The van der Waals surface area contributed by atoms with Crippen LogP contribution in [0.15, 0.2) is 42.3 Å². The van der Waals surface area contributed by atoms with E-state index in [1.165, 1.54) is 15.6 Å². The van der Waals surface area contributed by atoms with E-state index in [0.29, 0.717) is 6.04 Å². The van der Waals surface area contributed by atoms with E-state index in [1.54, 1.807) is 0 Å². The van der Waals surface area contributed by atoms with Gasteiger partial charge in [-0.1, -0.05) is 24.3 Å². The lowest BCUT2D eigenvalue weighted by atomic mass is 10.0. The van der Waals surface area contributed by atoms with Crippen LogP contribution in [0.2, 0.25) is 0 Å². The molecule has 0 bridgehead atoms. The molecule has 0 spiro atoms. The lowest BCUT2D eigenvalue weighted by Gasteiger charge is -2.33. The molecule has 5 heteroatoms. The summed E-state index contributed by atoms with van der Waals surface area (Å²) in [6.45, 7) is 8.39. The monoisotopic (exact) mass is 330 g/mol. The highest BCUT2D eigenvalue weighted by atomic mass is 35.5. The molecule has 1 aliphatic rings. The molecule has 3 rings (SSSR count). The Balaban J connectivity index is 0.000001000. The molecule has 2 heterocycles. The second-order valence-corrected chi connectivity index (χ2v) is 5.56. The van der Waals surface area contributed by atoms with E-state index in [2.05, 4.69) is 52.5 Å². The Labute approximate surface area is 136 Å². The molecular weight excluding hydrogens is 311 g/mol. The fraction of sp³-hybridized carbons (Fsp3) is 0.333. The summed E-state index contributed by atoms with van der Waals surface area (Å²) in [5, 5.41) is 7.07. The largest absolute Gasteiger partial charge is 0.314 e. The molecule has 110 valence electrons. The van der Waals surface area contributed by atoms with Gasteiger partial charge in [0, 0.05) is 30.9 Å². The van der Waals surface area contributed by atoms with Crippen molar-refractivity contribution in [3.8, 4) is 0 Å². The number of halogens is 2. The molecule has 2 aromatic rings. The topological polar surface area (TPSA) is 15.3 Å². The number of nitrogens with one attached hydrogen (secondary N) is 1. The van der Waals surface area contributed by atoms with Gasteiger partial charge >= 0.3 is 0 Å². The summed E-state index contributed by atoms with van der Waals surface area (Å²) < 4.78 is 1.37. The predicted octanol–water partition coefficient (Wildman–Crippen LogP) is 3.88. The number of fused-ring (bicyclic) bond motifs is 1. The first-order chi connectivity index (χ1) is 8.90. The number of nitrogens with zero attached hydrogens (tertiary/aromatic N) is 1. The SMILES string of the molecule is C=C[C@@H](c1csc2ccccc12)N1CCNCC1.Cl.Cl. The van der Waals surface area contributed by atoms with Crippen molar-refractivity contribution in [1.82, 2.24) is 10.2 Å². The van der Waals surface area contributed by atoms with Crippen molar-refractivity contribution in [3.05, 3.63) is 47.9 Å². The summed E-state index contributed by atoms with van der Waals surface area (Å²) in [6.07, 6.45) is 2.08. The van der Waals surface area contributed by atoms with Gasteiger partial charge in [-0.25, -0.2) is 0 Å². The van der Waals surface area contributed by atoms with Crippen LogP contribution in [0.1, 0.15) is 11.6 Å². The molecule has 1 aromatic carbocycles. The van der Waals surface area contributed by atoms with Gasteiger partial charge in [-0.15, -0.1) is 42.7 Å². The minimum absolute atomic E-state index is 0. The van der Waals surface area contributed by atoms with E-state index >= 15 is 0 Å². The van der Waals surface area contributed by atoms with Gasteiger partial charge in [-0.3, -0.25) is 4.90 Å². The van der Waals surface area contributed by atoms with Gasteiger partial charge in [-0.2, -0.15) is 0 Å². The van der Waals surface area contributed by atoms with Gasteiger partial charge in [0.2, 0.25) is 0 Å². The van der Waals surface area contributed by atoms with Gasteiger partial charge < -0.3 is 5.32 Å². The molecule has 1 aliphatic heterocycles. The number of hydrogen-bond acceptors (Lipinski definition) is 3. The first-order valence-corrected chi connectivity index (χ1v) is 7.31. The van der Waals surface area contributed by atoms with Gasteiger partial charge in [0.05, 0.1) is 6.04 Å². The van der Waals surface area contributed by atoms with Crippen LogP contribution in [0.25, 0.3) is 10.1 Å². The molecule has 2 nitrogen and oxygen atoms in total. The molecule has 0 aliphatic carbocycles. The number of thiophene rings is 1. The number of benzene rings is 1. The zero-order chi connectivity index (χ0) is 12.4. The van der Waals surface area contributed by atoms with E-state index in [0.717, 1.165) is 26.2 Å². The maximum atomic E-state index is 4.04. The Bertz CT molecular complexity index is 550. The van der Waals surface area contributed by atoms with Crippen molar-refractivity contribution in [3.63, 3.8) is 0 Å². The molecule has 1 atom stereocenters. The zero-order valence-corrected chi connectivity index (χ0v) is 13.7. The fourth-order valence-corrected chi connectivity index (χ4v) is 3.65. The molecule has 20 heavy (non-hydrogen) atoms. The van der Waals surface area contributed by atoms with E-state index in [1.807, 2.05) is 11.3 Å². The van der Waals surface area contributed by atoms with Crippen molar-refractivity contribution in [2.75, 3.05) is 26.2 Å². The normalized spacial score (nSPS) is 17.0. The lowest BCUT2D eigenvalue weighted by Crippen LogP contribution is -2.44. The van der Waals surface area contributed by atoms with Gasteiger partial charge in [0.15, 0.2) is 0 Å². The van der Waals surface area contributed by atoms with Crippen molar-refractivity contribution >= 4 is 46.2 Å². The maximum absolute atomic E-state index is 4.04. The highest BCUT2D eigenvalue weighted by molar-refractivity contribution is 7.17. The zero-order valence-electron chi connectivity index (χ0n) is 11.2. The Kier molecular flexibility index (Phi) is 7.00. The van der Waals surface area contributed by atoms with Crippen LogP contribution in [0.3, 0.4) is 0 Å². The maximum Gasteiger partial charge on any atom is 0.0544 e. The van der Waals surface area contributed by atoms with Crippen LogP contribution in [0.4, 0.5) is 0 Å². The Morgan fingerprint density at radius 3 is 2.60 bits per heavy atom. The lowest BCUT2D eigenvalue weighted by molar-refractivity contribution is 0.204. The quantitative estimate of drug-likeness (QED) is 0.859. The van der Waals surface area contributed by atoms with Crippen LogP contribution >= 0.6 is 36.2 Å². The molecule has 0 unspecified atom stereocenters. The van der Waals surface area contributed by atoms with E-state index in [9.17, 15) is 0 Å². The number of rotatable bonds is 3. The summed E-state index contributed by atoms with van der Waals surface area (Å²) in [7, 11) is 0. The highest BCUT2D eigenvalue weighted by Crippen LogP contribution is 2.33. The third kappa shape index (κ3) is 3.35. The minimum atomic E-state index is 0. The minimum Gasteiger partial charge on any atom is -0.314 e. The number of hydrogen-bond donors (Lipinski definition) is 1. The summed E-state index contributed by atoms with van der Waals surface area (Å²) in [5.74, 6) is 0. The van der Waals surface area contributed by atoms with Crippen molar-refractivity contribution < 1.29 is 0 Å². The molecule has 0 saturated carbocycles. The van der Waals surface area contributed by atoms with Gasteiger partial charge in [0.1, 0.15) is 0 Å². The van der Waals surface area contributed by atoms with Crippen LogP contribution in [-0.4, -0.2) is 31.1 Å². The molecule has 1 N–H and O–H groups in total. The first-order valence-electron chi connectivity index (χ1n) is 6.43. The molecular formula is C15H20Cl2N2S. The van der Waals surface area contributed by atoms with Crippen molar-refractivity contribution in [1.29, 1.82) is 0 Å². The number of piperazine rings is 1. The first kappa shape index (κ1) is 17.5. The Morgan fingerprint density at radius 1 is 1.20 bits per heavy atom. The summed E-state index contributed by atoms with van der Waals surface area (Å²) in [6, 6.07) is 9.00. The average Bonchev–Trinajstić information content (AvgIpc) is 2.85. The molecule has 1 aromatic heterocycles. The summed E-state index contributed by atoms with van der Waals surface area (Å²) in [4.78, 5) is 2.51. The van der Waals surface area contributed by atoms with E-state index < -0.39 is 0 Å². The van der Waals surface area contributed by atoms with Crippen LogP contribution in [0.5, 0.6) is 0 Å². The Morgan fingerprint density at radius 2 is 1.90 bits per heavy atom.